The summed E-state index contributed by atoms with van der Waals surface area (Å²) in [6, 6.07) is -0.934. The number of hydrogen-bond donors (Lipinski definition) is 1. The number of likely N-dealkylation sites (N-methyl/N-ethyl adjacent to an activating group) is 1. The van der Waals surface area contributed by atoms with Gasteiger partial charge in [-0.15, -0.1) is 0 Å². The molecule has 0 rings (SSSR count). The Balaban J connectivity index is 5.19. The van der Waals surface area contributed by atoms with E-state index in [0.29, 0.717) is 23.9 Å². The molecule has 0 radical (unpaired) electrons. The van der Waals surface area contributed by atoms with Crippen LogP contribution >= 0.6 is 7.82 Å². The quantitative estimate of drug-likeness (QED) is 0.0212. The highest BCUT2D eigenvalue weighted by molar-refractivity contribution is 7.45. The summed E-state index contributed by atoms with van der Waals surface area (Å²) in [7, 11) is 1.13. The molecule has 0 aromatic heterocycles. The second-order valence-corrected chi connectivity index (χ2v) is 23.6. The van der Waals surface area contributed by atoms with Crippen molar-refractivity contribution in [2.45, 2.75) is 270 Å². The number of phosphoric acid groups is 1. The lowest BCUT2D eigenvalue weighted by Gasteiger charge is -2.30. The highest BCUT2D eigenvalue weighted by Crippen LogP contribution is 2.38. The van der Waals surface area contributed by atoms with Crippen LogP contribution < -0.4 is 10.2 Å². The van der Waals surface area contributed by atoms with E-state index in [9.17, 15) is 19.0 Å². The SMILES string of the molecule is CC/C=C/C/C=C/C/C=C/C/C=C/C/C=C/CCC(=O)NC(COP(=O)([O-])OCC[N+](C)(C)C)C(/C=C\CCCCCCCCCCC)OC(=O)CCCCCCCCCCCCCC/C=C\C/C=C\C/C=C\CCCCC. The molecule has 10 heteroatoms. The van der Waals surface area contributed by atoms with Gasteiger partial charge in [0.05, 0.1) is 33.8 Å². The van der Waals surface area contributed by atoms with Crippen molar-refractivity contribution in [2.24, 2.45) is 0 Å². The molecule has 0 saturated heterocycles. The number of nitrogens with one attached hydrogen (secondary N) is 1. The number of esters is 1. The average Bonchev–Trinajstić information content (AvgIpc) is 3.40. The summed E-state index contributed by atoms with van der Waals surface area (Å²) in [6.45, 7) is 6.63. The third kappa shape index (κ3) is 57.4. The van der Waals surface area contributed by atoms with Crippen molar-refractivity contribution in [2.75, 3.05) is 40.9 Å². The Hall–Kier alpha value is -3.33. The predicted octanol–water partition coefficient (Wildman–Crippen LogP) is 19.1. The van der Waals surface area contributed by atoms with Crippen LogP contribution in [0.3, 0.4) is 0 Å². The molecule has 3 atom stereocenters. The van der Waals surface area contributed by atoms with Crippen molar-refractivity contribution < 1.29 is 37.3 Å². The fourth-order valence-corrected chi connectivity index (χ4v) is 9.30. The normalized spacial score (nSPS) is 14.4. The maximum absolute atomic E-state index is 13.5. The second kappa shape index (κ2) is 56.9. The zero-order chi connectivity index (χ0) is 57.2. The Morgan fingerprint density at radius 1 is 0.462 bits per heavy atom. The first kappa shape index (κ1) is 74.7. The molecule has 9 nitrogen and oxygen atoms in total. The number of carbonyl (C=O) groups excluding carboxylic acids is 2. The van der Waals surface area contributed by atoms with Crippen molar-refractivity contribution in [3.8, 4) is 0 Å². The number of quaternary nitrogens is 1. The van der Waals surface area contributed by atoms with E-state index >= 15 is 0 Å². The zero-order valence-corrected chi connectivity index (χ0v) is 52.0. The van der Waals surface area contributed by atoms with Gasteiger partial charge in [-0.1, -0.05) is 252 Å². The lowest BCUT2D eigenvalue weighted by molar-refractivity contribution is -0.870. The number of nitrogens with zero attached hydrogens (tertiary/aromatic N) is 1. The smallest absolute Gasteiger partial charge is 0.306 e. The minimum absolute atomic E-state index is 0.0406. The number of phosphoric ester groups is 1. The van der Waals surface area contributed by atoms with E-state index in [0.717, 1.165) is 83.5 Å². The van der Waals surface area contributed by atoms with Gasteiger partial charge in [0, 0.05) is 12.8 Å². The minimum atomic E-state index is -4.72. The molecule has 0 saturated carbocycles. The van der Waals surface area contributed by atoms with Gasteiger partial charge in [-0.3, -0.25) is 14.2 Å². The third-order valence-electron chi connectivity index (χ3n) is 13.5. The fourth-order valence-electron chi connectivity index (χ4n) is 8.57. The Morgan fingerprint density at radius 3 is 1.28 bits per heavy atom. The Morgan fingerprint density at radius 2 is 0.833 bits per heavy atom. The number of ether oxygens (including phenoxy) is 1. The van der Waals surface area contributed by atoms with Gasteiger partial charge in [0.2, 0.25) is 5.91 Å². The number of hydrogen-bond acceptors (Lipinski definition) is 7. The molecule has 0 heterocycles. The minimum Gasteiger partial charge on any atom is -0.756 e. The molecule has 0 aliphatic heterocycles. The van der Waals surface area contributed by atoms with E-state index in [2.05, 4.69) is 111 Å². The maximum Gasteiger partial charge on any atom is 0.306 e. The van der Waals surface area contributed by atoms with Crippen LogP contribution in [0.5, 0.6) is 0 Å². The van der Waals surface area contributed by atoms with Gasteiger partial charge in [0.1, 0.15) is 19.3 Å². The highest BCUT2D eigenvalue weighted by Gasteiger charge is 2.27. The van der Waals surface area contributed by atoms with Crippen molar-refractivity contribution in [1.29, 1.82) is 0 Å². The van der Waals surface area contributed by atoms with Crippen LogP contribution in [0, 0.1) is 0 Å². The second-order valence-electron chi connectivity index (χ2n) is 22.2. The first-order valence-electron chi connectivity index (χ1n) is 31.7. The topological polar surface area (TPSA) is 114 Å². The van der Waals surface area contributed by atoms with E-state index in [1.807, 2.05) is 45.4 Å². The Labute approximate surface area is 481 Å². The molecule has 0 fully saturated rings. The lowest BCUT2D eigenvalue weighted by Crippen LogP contribution is -2.47. The number of amides is 1. The van der Waals surface area contributed by atoms with Gasteiger partial charge in [-0.2, -0.15) is 0 Å². The molecule has 0 aliphatic rings. The van der Waals surface area contributed by atoms with Crippen molar-refractivity contribution in [3.05, 3.63) is 109 Å². The van der Waals surface area contributed by atoms with Crippen molar-refractivity contribution in [3.63, 3.8) is 0 Å². The van der Waals surface area contributed by atoms with Crippen molar-refractivity contribution >= 4 is 19.7 Å². The van der Waals surface area contributed by atoms with Crippen LogP contribution in [-0.4, -0.2) is 69.4 Å². The summed E-state index contributed by atoms with van der Waals surface area (Å²) in [4.78, 5) is 39.9. The molecular formula is C68H119N2O7P. The average molecular weight is 1110 g/mol. The van der Waals surface area contributed by atoms with Crippen LogP contribution in [0.2, 0.25) is 0 Å². The molecular weight excluding hydrogens is 988 g/mol. The fraction of sp³-hybridized carbons (Fsp3) is 0.706. The van der Waals surface area contributed by atoms with Crippen LogP contribution in [-0.2, 0) is 27.9 Å². The van der Waals surface area contributed by atoms with Gasteiger partial charge >= 0.3 is 5.97 Å². The molecule has 0 aromatic carbocycles. The van der Waals surface area contributed by atoms with Crippen LogP contribution in [0.4, 0.5) is 0 Å². The van der Waals surface area contributed by atoms with Crippen LogP contribution in [0.15, 0.2) is 109 Å². The Bertz CT molecular complexity index is 1700. The molecule has 0 bridgehead atoms. The van der Waals surface area contributed by atoms with E-state index in [1.165, 1.54) is 128 Å². The van der Waals surface area contributed by atoms with Gasteiger partial charge in [0.25, 0.3) is 7.82 Å². The van der Waals surface area contributed by atoms with E-state index < -0.39 is 26.6 Å². The first-order chi connectivity index (χ1) is 37.9. The summed E-state index contributed by atoms with van der Waals surface area (Å²) >= 11 is 0. The van der Waals surface area contributed by atoms with Gasteiger partial charge < -0.3 is 28.5 Å². The molecule has 1 amide bonds. The van der Waals surface area contributed by atoms with E-state index in [1.54, 1.807) is 0 Å². The number of carbonyl (C=O) groups is 2. The third-order valence-corrected chi connectivity index (χ3v) is 14.4. The lowest BCUT2D eigenvalue weighted by atomic mass is 10.0. The van der Waals surface area contributed by atoms with Crippen molar-refractivity contribution in [1.82, 2.24) is 5.32 Å². The van der Waals surface area contributed by atoms with Crippen LogP contribution in [0.25, 0.3) is 0 Å². The van der Waals surface area contributed by atoms with Gasteiger partial charge in [0.15, 0.2) is 0 Å². The highest BCUT2D eigenvalue weighted by atomic mass is 31.2. The standard InChI is InChI=1S/C68H119N2O7P/c1-7-10-13-16-19-22-25-27-29-31-32-33-34-35-36-37-38-39-41-43-46-49-52-55-58-61-68(72)77-66(59-56-53-50-47-44-24-21-18-15-12-9-3)65(64-76-78(73,74)75-63-62-70(4,5)6)69-67(71)60-57-54-51-48-45-42-40-30-28-26-23-20-17-14-11-8-2/h11,14,19-20,22-23,27-30,32-33,42,45,51,54,56,59,65-66H,7-10,12-13,15-18,21,24-26,31,34-41,43-44,46-50,52-53,55,57-58,60-64H2,1-6H3,(H-,69,71,73,74)/b14-11+,22-19-,23-20+,29-27-,30-28+,33-32-,45-42+,54-51+,59-56-. The predicted molar refractivity (Wildman–Crippen MR) is 334 cm³/mol. The van der Waals surface area contributed by atoms with Crippen LogP contribution in [0.1, 0.15) is 258 Å². The maximum atomic E-state index is 13.5. The molecule has 448 valence electrons. The number of allylic oxidation sites excluding steroid dienone is 17. The molecule has 78 heavy (non-hydrogen) atoms. The number of rotatable bonds is 56. The summed E-state index contributed by atoms with van der Waals surface area (Å²) in [5.74, 6) is -0.644. The summed E-state index contributed by atoms with van der Waals surface area (Å²) < 4.78 is 30.2. The monoisotopic (exact) mass is 1110 g/mol. The molecule has 3 unspecified atom stereocenters. The van der Waals surface area contributed by atoms with Gasteiger partial charge in [-0.05, 0) is 102 Å². The first-order valence-corrected chi connectivity index (χ1v) is 33.2. The zero-order valence-electron chi connectivity index (χ0n) is 51.1. The summed E-state index contributed by atoms with van der Waals surface area (Å²) in [5.41, 5.74) is 0. The van der Waals surface area contributed by atoms with Gasteiger partial charge in [-0.25, -0.2) is 0 Å². The van der Waals surface area contributed by atoms with E-state index in [-0.39, 0.29) is 31.3 Å². The largest absolute Gasteiger partial charge is 0.756 e. The summed E-state index contributed by atoms with van der Waals surface area (Å²) in [5, 5.41) is 2.97. The van der Waals surface area contributed by atoms with E-state index in [4.69, 9.17) is 13.8 Å². The molecule has 0 spiro atoms. The molecule has 0 aromatic rings. The molecule has 1 N–H and O–H groups in total. The molecule has 0 aliphatic carbocycles. The Kier molecular flexibility index (Phi) is 54.5. The summed E-state index contributed by atoms with van der Waals surface area (Å²) in [6.07, 6.45) is 78.0. The number of unbranched alkanes of at least 4 members (excludes halogenated alkanes) is 24.